The largest absolute Gasteiger partial charge is 0.445 e. The summed E-state index contributed by atoms with van der Waals surface area (Å²) < 4.78 is 4.76. The zero-order valence-corrected chi connectivity index (χ0v) is 30.1. The highest BCUT2D eigenvalue weighted by molar-refractivity contribution is 6.00. The maximum absolute atomic E-state index is 14.5. The summed E-state index contributed by atoms with van der Waals surface area (Å²) in [5, 5.41) is 18.0. The van der Waals surface area contributed by atoms with Gasteiger partial charge < -0.3 is 26.2 Å². The molecule has 4 aromatic carbocycles. The Hall–Kier alpha value is -5.36. The van der Waals surface area contributed by atoms with Gasteiger partial charge in [-0.25, -0.2) is 14.4 Å². The van der Waals surface area contributed by atoms with Gasteiger partial charge in [0.1, 0.15) is 24.9 Å². The van der Waals surface area contributed by atoms with Crippen molar-refractivity contribution in [2.24, 2.45) is 11.7 Å². The molecule has 1 aliphatic rings. The molecule has 0 saturated heterocycles. The van der Waals surface area contributed by atoms with E-state index in [4.69, 9.17) is 10.5 Å². The lowest BCUT2D eigenvalue weighted by molar-refractivity contribution is -0.711. The van der Waals surface area contributed by atoms with Crippen LogP contribution < -0.4 is 21.3 Å². The van der Waals surface area contributed by atoms with Crippen molar-refractivity contribution in [3.05, 3.63) is 126 Å². The van der Waals surface area contributed by atoms with E-state index in [9.17, 15) is 24.3 Å². The van der Waals surface area contributed by atoms with E-state index >= 15 is 0 Å². The van der Waals surface area contributed by atoms with E-state index < -0.39 is 52.5 Å². The fourth-order valence-electron chi connectivity index (χ4n) is 6.54. The van der Waals surface area contributed by atoms with Gasteiger partial charge in [0, 0.05) is 11.8 Å². The highest BCUT2D eigenvalue weighted by Crippen LogP contribution is 2.38. The molecule has 5 N–H and O–H groups in total. The first-order valence-corrected chi connectivity index (χ1v) is 17.6. The van der Waals surface area contributed by atoms with Crippen molar-refractivity contribution in [2.45, 2.75) is 71.4 Å². The van der Waals surface area contributed by atoms with Crippen LogP contribution in [0.4, 0.5) is 10.5 Å². The number of carbonyl (C=O) groups excluding carboxylic acids is 4. The number of imide groups is 1. The minimum atomic E-state index is -1.22. The number of carbonyl (C=O) groups is 4. The summed E-state index contributed by atoms with van der Waals surface area (Å²) in [6.07, 6.45) is 0.225. The van der Waals surface area contributed by atoms with E-state index in [2.05, 4.69) is 10.6 Å². The third kappa shape index (κ3) is 8.74. The Bertz CT molecular complexity index is 1910. The number of nitrogens with one attached hydrogen (secondary N) is 2. The van der Waals surface area contributed by atoms with Gasteiger partial charge in [-0.1, -0.05) is 98.8 Å². The molecule has 0 aliphatic carbocycles. The van der Waals surface area contributed by atoms with Crippen LogP contribution >= 0.6 is 0 Å². The first kappa shape index (κ1) is 37.9. The van der Waals surface area contributed by atoms with Crippen molar-refractivity contribution in [3.63, 3.8) is 0 Å². The normalized spacial score (nSPS) is 17.9. The molecule has 1 heterocycles. The molecule has 272 valence electrons. The van der Waals surface area contributed by atoms with E-state index in [0.29, 0.717) is 23.4 Å². The zero-order valence-electron chi connectivity index (χ0n) is 30.1. The Morgan fingerprint density at radius 1 is 0.846 bits per heavy atom. The number of anilines is 1. The Kier molecular flexibility index (Phi) is 12.2. The minimum Gasteiger partial charge on any atom is -0.445 e. The van der Waals surface area contributed by atoms with Crippen LogP contribution in [0, 0.1) is 5.92 Å². The number of aliphatic hydroxyl groups is 1. The second-order valence-electron chi connectivity index (χ2n) is 13.8. The molecule has 11 nitrogen and oxygen atoms in total. The molecule has 0 aromatic heterocycles. The first-order chi connectivity index (χ1) is 24.9. The molecule has 0 saturated carbocycles. The van der Waals surface area contributed by atoms with E-state index in [0.717, 1.165) is 16.3 Å². The van der Waals surface area contributed by atoms with Gasteiger partial charge in [-0.2, -0.15) is 0 Å². The number of aliphatic hydroxyl groups excluding tert-OH is 1. The number of nitrogens with two attached hydrogens (primary N) is 1. The highest BCUT2D eigenvalue weighted by Gasteiger charge is 2.52. The summed E-state index contributed by atoms with van der Waals surface area (Å²) in [5.74, 6) is -1.41. The molecule has 1 aliphatic heterocycles. The van der Waals surface area contributed by atoms with E-state index in [-0.39, 0.29) is 25.6 Å². The van der Waals surface area contributed by atoms with Gasteiger partial charge in [0.05, 0.1) is 29.1 Å². The fraction of sp³-hybridized carbons (Fsp3) is 0.317. The lowest BCUT2D eigenvalue weighted by Crippen LogP contribution is -2.59. The lowest BCUT2D eigenvalue weighted by atomic mass is 9.99. The average Bonchev–Trinajstić information content (AvgIpc) is 3.52. The number of amides is 4. The lowest BCUT2D eigenvalue weighted by Gasteiger charge is -2.30. The summed E-state index contributed by atoms with van der Waals surface area (Å²) in [5.41, 5.74) is 8.46. The van der Waals surface area contributed by atoms with Gasteiger partial charge in [0.25, 0.3) is 0 Å². The van der Waals surface area contributed by atoms with Crippen molar-refractivity contribution >= 4 is 40.3 Å². The topological polar surface area (TPSA) is 151 Å². The average molecular weight is 707 g/mol. The molecule has 5 atom stereocenters. The van der Waals surface area contributed by atoms with Gasteiger partial charge >= 0.3 is 17.9 Å². The zero-order chi connectivity index (χ0) is 37.4. The van der Waals surface area contributed by atoms with E-state index in [1.54, 1.807) is 50.4 Å². The van der Waals surface area contributed by atoms with Crippen LogP contribution in [0.3, 0.4) is 0 Å². The number of alkyl carbamates (subject to hydrolysis) is 1. The van der Waals surface area contributed by atoms with Gasteiger partial charge in [0.15, 0.2) is 6.67 Å². The number of quaternary nitrogens is 1. The Morgan fingerprint density at radius 3 is 2.13 bits per heavy atom. The molecule has 1 unspecified atom stereocenters. The van der Waals surface area contributed by atoms with Crippen LogP contribution in [-0.2, 0) is 20.9 Å². The van der Waals surface area contributed by atoms with Crippen LogP contribution in [0.5, 0.6) is 0 Å². The number of nitrogens with zero attached hydrogens (tertiary/aromatic N) is 2. The molecule has 0 fully saturated rings. The van der Waals surface area contributed by atoms with Crippen molar-refractivity contribution in [3.8, 4) is 0 Å². The van der Waals surface area contributed by atoms with Crippen molar-refractivity contribution in [1.29, 1.82) is 0 Å². The smallest absolute Gasteiger partial charge is 0.408 e. The third-order valence-electron chi connectivity index (χ3n) is 9.17. The molecular weight excluding hydrogens is 658 g/mol. The molecule has 0 bridgehead atoms. The summed E-state index contributed by atoms with van der Waals surface area (Å²) in [6, 6.07) is 28.3. The van der Waals surface area contributed by atoms with Crippen LogP contribution in [0.25, 0.3) is 10.8 Å². The fourth-order valence-corrected chi connectivity index (χ4v) is 6.54. The molecule has 4 amide bonds. The molecule has 11 heteroatoms. The van der Waals surface area contributed by atoms with Crippen LogP contribution in [-0.4, -0.2) is 64.3 Å². The monoisotopic (exact) mass is 706 g/mol. The number of fused-ring (bicyclic) bond motifs is 1. The first-order valence-electron chi connectivity index (χ1n) is 17.6. The number of rotatable bonds is 13. The standard InChI is InChI=1S/C41H47N5O6/c1-27(2)22-35(29(4)47)43-38(48)36(44-41(51)52-25-30-14-7-5-8-15-30)23-33-24-46(39(49)28(3)42,40(50)32-17-9-6-10-18-32)26-45(33)37-21-13-19-31-16-11-12-20-34(31)37/h5-21,24,27-29,35-36,47H,22-23,25-26,42H2,1-4H3,(H-,43,44,48,51)/p+1/t28-,29-,35-,36+,46?/m0/s1. The van der Waals surface area contributed by atoms with Gasteiger partial charge in [0.2, 0.25) is 5.91 Å². The van der Waals surface area contributed by atoms with Crippen LogP contribution in [0.15, 0.2) is 115 Å². The van der Waals surface area contributed by atoms with Crippen molar-refractivity contribution < 1.29 is 33.5 Å². The molecule has 4 aromatic rings. The van der Waals surface area contributed by atoms with E-state index in [1.807, 2.05) is 91.5 Å². The van der Waals surface area contributed by atoms with Crippen molar-refractivity contribution in [1.82, 2.24) is 10.6 Å². The molecule has 52 heavy (non-hydrogen) atoms. The number of ether oxygens (including phenoxy) is 1. The predicted molar refractivity (Wildman–Crippen MR) is 200 cm³/mol. The second kappa shape index (κ2) is 16.8. The summed E-state index contributed by atoms with van der Waals surface area (Å²) in [7, 11) is 0. The molecule has 5 rings (SSSR count). The Morgan fingerprint density at radius 2 is 1.48 bits per heavy atom. The number of hydrogen-bond acceptors (Lipinski definition) is 8. The quantitative estimate of drug-likeness (QED) is 0.132. The third-order valence-corrected chi connectivity index (χ3v) is 9.17. The minimum absolute atomic E-state index is 0.0239. The van der Waals surface area contributed by atoms with Gasteiger partial charge in [-0.3, -0.25) is 9.69 Å². The number of hydrogen-bond donors (Lipinski definition) is 4. The Labute approximate surface area is 304 Å². The van der Waals surface area contributed by atoms with Crippen molar-refractivity contribution in [2.75, 3.05) is 11.6 Å². The van der Waals surface area contributed by atoms with Crippen LogP contribution in [0.2, 0.25) is 0 Å². The Balaban J connectivity index is 1.60. The number of benzene rings is 4. The van der Waals surface area contributed by atoms with E-state index in [1.165, 1.54) is 0 Å². The summed E-state index contributed by atoms with van der Waals surface area (Å²) >= 11 is 0. The molecular formula is C41H48N5O6+. The van der Waals surface area contributed by atoms with Crippen LogP contribution in [0.1, 0.15) is 56.5 Å². The predicted octanol–water partition coefficient (Wildman–Crippen LogP) is 5.59. The maximum atomic E-state index is 14.5. The SMILES string of the molecule is CC(C)C[C@H](NC(=O)[C@@H](CC1=C[N+](C(=O)c2ccccc2)(C(=O)[C@H](C)N)CN1c1cccc2ccccc12)NC(=O)OCc1ccccc1)[C@H](C)O. The van der Waals surface area contributed by atoms with Gasteiger partial charge in [-0.15, -0.1) is 4.48 Å². The van der Waals surface area contributed by atoms with Gasteiger partial charge in [-0.05, 0) is 55.3 Å². The molecule has 0 radical (unpaired) electrons. The summed E-state index contributed by atoms with van der Waals surface area (Å²) in [6.45, 7) is 6.96. The second-order valence-corrected chi connectivity index (χ2v) is 13.8. The molecule has 0 spiro atoms. The maximum Gasteiger partial charge on any atom is 0.408 e. The summed E-state index contributed by atoms with van der Waals surface area (Å²) in [4.78, 5) is 58.0. The highest BCUT2D eigenvalue weighted by atomic mass is 16.5.